The SMILES string of the molecule is O=[S@](C[C@H]1CCCN1)c1ncc(Cl)cn1. The number of aromatic nitrogens is 2. The summed E-state index contributed by atoms with van der Waals surface area (Å²) in [5, 5.41) is 4.13. The monoisotopic (exact) mass is 245 g/mol. The molecule has 2 atom stereocenters. The van der Waals surface area contributed by atoms with E-state index in [0.29, 0.717) is 22.0 Å². The zero-order valence-electron chi connectivity index (χ0n) is 8.15. The molecule has 0 unspecified atom stereocenters. The molecule has 0 aromatic carbocycles. The average Bonchev–Trinajstić information content (AvgIpc) is 2.71. The zero-order chi connectivity index (χ0) is 10.7. The minimum absolute atomic E-state index is 0.338. The first kappa shape index (κ1) is 11.0. The Labute approximate surface area is 95.9 Å². The van der Waals surface area contributed by atoms with Crippen LogP contribution < -0.4 is 5.32 Å². The van der Waals surface area contributed by atoms with Gasteiger partial charge in [-0.1, -0.05) is 11.6 Å². The Morgan fingerprint density at radius 1 is 1.53 bits per heavy atom. The molecule has 15 heavy (non-hydrogen) atoms. The number of hydrogen-bond acceptors (Lipinski definition) is 4. The van der Waals surface area contributed by atoms with Gasteiger partial charge in [-0.25, -0.2) is 9.97 Å². The molecular weight excluding hydrogens is 234 g/mol. The number of hydrogen-bond donors (Lipinski definition) is 1. The van der Waals surface area contributed by atoms with E-state index in [2.05, 4.69) is 15.3 Å². The molecule has 2 rings (SSSR count). The quantitative estimate of drug-likeness (QED) is 0.807. The number of nitrogens with zero attached hydrogens (tertiary/aromatic N) is 2. The highest BCUT2D eigenvalue weighted by Crippen LogP contribution is 2.10. The molecule has 1 aromatic rings. The van der Waals surface area contributed by atoms with Crippen molar-refractivity contribution in [3.05, 3.63) is 17.4 Å². The Bertz CT molecular complexity index is 351. The predicted octanol–water partition coefficient (Wildman–Crippen LogP) is 0.990. The highest BCUT2D eigenvalue weighted by atomic mass is 35.5. The van der Waals surface area contributed by atoms with Crippen molar-refractivity contribution in [3.8, 4) is 0 Å². The third-order valence-corrected chi connectivity index (χ3v) is 3.83. The van der Waals surface area contributed by atoms with Gasteiger partial charge in [0.25, 0.3) is 0 Å². The molecule has 0 saturated carbocycles. The van der Waals surface area contributed by atoms with Crippen LogP contribution in [0.25, 0.3) is 0 Å². The van der Waals surface area contributed by atoms with Crippen LogP contribution in [0, 0.1) is 0 Å². The maximum atomic E-state index is 11.8. The van der Waals surface area contributed by atoms with Gasteiger partial charge in [0.05, 0.1) is 28.2 Å². The minimum atomic E-state index is -1.12. The van der Waals surface area contributed by atoms with Crippen molar-refractivity contribution in [2.75, 3.05) is 12.3 Å². The maximum absolute atomic E-state index is 11.8. The van der Waals surface area contributed by atoms with Crippen LogP contribution >= 0.6 is 11.6 Å². The van der Waals surface area contributed by atoms with Crippen molar-refractivity contribution < 1.29 is 4.21 Å². The van der Waals surface area contributed by atoms with Crippen LogP contribution in [0.3, 0.4) is 0 Å². The summed E-state index contributed by atoms with van der Waals surface area (Å²) in [4.78, 5) is 7.90. The second kappa shape index (κ2) is 5.01. The highest BCUT2D eigenvalue weighted by Gasteiger charge is 2.18. The van der Waals surface area contributed by atoms with Gasteiger partial charge in [0.15, 0.2) is 0 Å². The molecule has 1 aliphatic heterocycles. The van der Waals surface area contributed by atoms with Gasteiger partial charge in [-0.2, -0.15) is 0 Å². The third kappa shape index (κ3) is 2.96. The van der Waals surface area contributed by atoms with Crippen LogP contribution in [0.2, 0.25) is 5.02 Å². The number of rotatable bonds is 3. The Kier molecular flexibility index (Phi) is 3.66. The van der Waals surface area contributed by atoms with Crippen molar-refractivity contribution in [1.82, 2.24) is 15.3 Å². The maximum Gasteiger partial charge on any atom is 0.218 e. The fourth-order valence-electron chi connectivity index (χ4n) is 1.57. The molecule has 0 bridgehead atoms. The van der Waals surface area contributed by atoms with E-state index in [0.717, 1.165) is 19.4 Å². The van der Waals surface area contributed by atoms with Gasteiger partial charge in [-0.15, -0.1) is 0 Å². The van der Waals surface area contributed by atoms with Crippen LogP contribution in [0.1, 0.15) is 12.8 Å². The molecule has 1 aliphatic rings. The fourth-order valence-corrected chi connectivity index (χ4v) is 2.81. The summed E-state index contributed by atoms with van der Waals surface area (Å²) in [6.07, 6.45) is 5.19. The van der Waals surface area contributed by atoms with Gasteiger partial charge < -0.3 is 5.32 Å². The first-order chi connectivity index (χ1) is 7.25. The first-order valence-corrected chi connectivity index (χ1v) is 6.55. The van der Waals surface area contributed by atoms with Crippen molar-refractivity contribution in [2.24, 2.45) is 0 Å². The summed E-state index contributed by atoms with van der Waals surface area (Å²) in [6.45, 7) is 1.02. The molecule has 1 N–H and O–H groups in total. The summed E-state index contributed by atoms with van der Waals surface area (Å²) in [5.74, 6) is 0.585. The second-order valence-electron chi connectivity index (χ2n) is 3.49. The molecule has 4 nitrogen and oxygen atoms in total. The Hall–Kier alpha value is -0.520. The van der Waals surface area contributed by atoms with Gasteiger partial charge in [0.1, 0.15) is 0 Å². The lowest BCUT2D eigenvalue weighted by Crippen LogP contribution is -2.28. The van der Waals surface area contributed by atoms with Crippen LogP contribution in [-0.2, 0) is 10.8 Å². The van der Waals surface area contributed by atoms with Crippen molar-refractivity contribution in [1.29, 1.82) is 0 Å². The summed E-state index contributed by atoms with van der Waals surface area (Å²) >= 11 is 5.65. The standard InChI is InChI=1S/C9H12ClN3OS/c10-7-4-12-9(13-5-7)15(14)6-8-2-1-3-11-8/h4-5,8,11H,1-3,6H2/t8-,15-/m1/s1. The van der Waals surface area contributed by atoms with E-state index in [1.807, 2.05) is 0 Å². The molecule has 0 spiro atoms. The zero-order valence-corrected chi connectivity index (χ0v) is 9.72. The predicted molar refractivity (Wildman–Crippen MR) is 59.3 cm³/mol. The van der Waals surface area contributed by atoms with Gasteiger partial charge in [-0.3, -0.25) is 4.21 Å². The lowest BCUT2D eigenvalue weighted by atomic mass is 10.3. The van der Waals surface area contributed by atoms with Crippen LogP contribution in [0.15, 0.2) is 17.6 Å². The van der Waals surface area contributed by atoms with Crippen LogP contribution in [-0.4, -0.2) is 32.5 Å². The normalized spacial score (nSPS) is 22.9. The number of nitrogens with one attached hydrogen (secondary N) is 1. The molecular formula is C9H12ClN3OS. The molecule has 0 radical (unpaired) electrons. The third-order valence-electron chi connectivity index (χ3n) is 2.32. The molecule has 1 fully saturated rings. The smallest absolute Gasteiger partial charge is 0.218 e. The van der Waals surface area contributed by atoms with E-state index < -0.39 is 10.8 Å². The van der Waals surface area contributed by atoms with E-state index in [1.165, 1.54) is 12.4 Å². The van der Waals surface area contributed by atoms with E-state index in [-0.39, 0.29) is 0 Å². The summed E-state index contributed by atoms with van der Waals surface area (Å²) in [7, 11) is -1.12. The summed E-state index contributed by atoms with van der Waals surface area (Å²) in [5.41, 5.74) is 0. The van der Waals surface area contributed by atoms with Crippen LogP contribution in [0.4, 0.5) is 0 Å². The van der Waals surface area contributed by atoms with Crippen molar-refractivity contribution in [2.45, 2.75) is 24.0 Å². The van der Waals surface area contributed by atoms with Crippen LogP contribution in [0.5, 0.6) is 0 Å². The van der Waals surface area contributed by atoms with Gasteiger partial charge in [0, 0.05) is 11.8 Å². The van der Waals surface area contributed by atoms with Gasteiger partial charge in [-0.05, 0) is 19.4 Å². The molecule has 0 aliphatic carbocycles. The molecule has 1 aromatic heterocycles. The van der Waals surface area contributed by atoms with Crippen molar-refractivity contribution in [3.63, 3.8) is 0 Å². The first-order valence-electron chi connectivity index (χ1n) is 4.85. The highest BCUT2D eigenvalue weighted by molar-refractivity contribution is 7.84. The Morgan fingerprint density at radius 2 is 2.27 bits per heavy atom. The largest absolute Gasteiger partial charge is 0.313 e. The summed E-state index contributed by atoms with van der Waals surface area (Å²) < 4.78 is 11.8. The fraction of sp³-hybridized carbons (Fsp3) is 0.556. The Morgan fingerprint density at radius 3 is 2.87 bits per heavy atom. The molecule has 82 valence electrons. The van der Waals surface area contributed by atoms with Gasteiger partial charge >= 0.3 is 0 Å². The van der Waals surface area contributed by atoms with Crippen molar-refractivity contribution >= 4 is 22.4 Å². The summed E-state index contributed by atoms with van der Waals surface area (Å²) in [6, 6.07) is 0.338. The second-order valence-corrected chi connectivity index (χ2v) is 5.32. The molecule has 0 amide bonds. The van der Waals surface area contributed by atoms with E-state index in [4.69, 9.17) is 11.6 Å². The lowest BCUT2D eigenvalue weighted by molar-refractivity contribution is 0.638. The average molecular weight is 246 g/mol. The molecule has 6 heteroatoms. The number of halogens is 1. The molecule has 2 heterocycles. The van der Waals surface area contributed by atoms with Gasteiger partial charge in [0.2, 0.25) is 5.16 Å². The topological polar surface area (TPSA) is 54.9 Å². The van der Waals surface area contributed by atoms with E-state index >= 15 is 0 Å². The van der Waals surface area contributed by atoms with E-state index in [9.17, 15) is 4.21 Å². The minimum Gasteiger partial charge on any atom is -0.313 e. The lowest BCUT2D eigenvalue weighted by Gasteiger charge is -2.08. The Balaban J connectivity index is 1.98. The van der Waals surface area contributed by atoms with E-state index in [1.54, 1.807) is 0 Å². The molecule has 1 saturated heterocycles.